The molecule has 0 saturated carbocycles. The standard InChI is InChI=1S/C18H15F3N4O3S/c1-10-4-6-12(7-5-10)29(26,27)17-14(18(19,20)21)16(28-3)24-15(25-17)13-9-23-22-8-11(13)2/h4-9H,1-3H3. The summed E-state index contributed by atoms with van der Waals surface area (Å²) in [6.45, 7) is 3.34. The highest BCUT2D eigenvalue weighted by atomic mass is 32.2. The maximum absolute atomic E-state index is 13.8. The average molecular weight is 424 g/mol. The maximum atomic E-state index is 13.8. The molecule has 0 aliphatic carbocycles. The number of halogens is 3. The minimum absolute atomic E-state index is 0.229. The van der Waals surface area contributed by atoms with Crippen LogP contribution in [0, 0.1) is 13.8 Å². The van der Waals surface area contributed by atoms with Crippen LogP contribution in [0.25, 0.3) is 11.4 Å². The van der Waals surface area contributed by atoms with E-state index in [1.165, 1.54) is 36.7 Å². The van der Waals surface area contributed by atoms with E-state index in [0.29, 0.717) is 5.56 Å². The van der Waals surface area contributed by atoms with Crippen molar-refractivity contribution < 1.29 is 26.3 Å². The highest BCUT2D eigenvalue weighted by Gasteiger charge is 2.44. The molecule has 3 rings (SSSR count). The van der Waals surface area contributed by atoms with E-state index < -0.39 is 32.5 Å². The molecular formula is C18H15F3N4O3S. The van der Waals surface area contributed by atoms with Gasteiger partial charge in [-0.2, -0.15) is 28.4 Å². The van der Waals surface area contributed by atoms with Crippen molar-refractivity contribution in [1.82, 2.24) is 20.2 Å². The molecule has 2 heterocycles. The molecule has 0 aliphatic rings. The van der Waals surface area contributed by atoms with Crippen LogP contribution in [0.3, 0.4) is 0 Å². The lowest BCUT2D eigenvalue weighted by atomic mass is 10.2. The minimum atomic E-state index is -5.07. The van der Waals surface area contributed by atoms with Crippen LogP contribution in [0.2, 0.25) is 0 Å². The molecule has 29 heavy (non-hydrogen) atoms. The fraction of sp³-hybridized carbons (Fsp3) is 0.222. The van der Waals surface area contributed by atoms with E-state index in [2.05, 4.69) is 20.2 Å². The lowest BCUT2D eigenvalue weighted by molar-refractivity contribution is -0.141. The summed E-state index contributed by atoms with van der Waals surface area (Å²) in [5.74, 6) is -1.17. The first-order valence-electron chi connectivity index (χ1n) is 8.18. The van der Waals surface area contributed by atoms with Crippen molar-refractivity contribution in [2.75, 3.05) is 7.11 Å². The van der Waals surface area contributed by atoms with Crippen molar-refractivity contribution in [3.05, 3.63) is 53.3 Å². The third-order valence-corrected chi connectivity index (χ3v) is 5.77. The number of ether oxygens (including phenoxy) is 1. The van der Waals surface area contributed by atoms with Gasteiger partial charge in [0.15, 0.2) is 16.4 Å². The molecule has 0 fully saturated rings. The van der Waals surface area contributed by atoms with Gasteiger partial charge < -0.3 is 4.74 Å². The Morgan fingerprint density at radius 1 is 0.966 bits per heavy atom. The highest BCUT2D eigenvalue weighted by molar-refractivity contribution is 7.91. The Labute approximate surface area is 164 Å². The van der Waals surface area contributed by atoms with Crippen LogP contribution in [-0.2, 0) is 16.0 Å². The zero-order valence-electron chi connectivity index (χ0n) is 15.5. The molecular weight excluding hydrogens is 409 g/mol. The number of sulfone groups is 1. The zero-order chi connectivity index (χ0) is 21.4. The summed E-state index contributed by atoms with van der Waals surface area (Å²) < 4.78 is 72.3. The SMILES string of the molecule is COc1nc(-c2cnncc2C)nc(S(=O)(=O)c2ccc(C)cc2)c1C(F)(F)F. The smallest absolute Gasteiger partial charge is 0.424 e. The molecule has 7 nitrogen and oxygen atoms in total. The topological polar surface area (TPSA) is 94.9 Å². The Kier molecular flexibility index (Phi) is 5.26. The van der Waals surface area contributed by atoms with Gasteiger partial charge in [0.25, 0.3) is 0 Å². The molecule has 1 aromatic carbocycles. The summed E-state index contributed by atoms with van der Waals surface area (Å²) in [6.07, 6.45) is -2.47. The number of methoxy groups -OCH3 is 1. The van der Waals surface area contributed by atoms with Crippen molar-refractivity contribution in [3.8, 4) is 17.3 Å². The molecule has 0 atom stereocenters. The third-order valence-electron chi connectivity index (χ3n) is 4.08. The molecule has 152 valence electrons. The fourth-order valence-electron chi connectivity index (χ4n) is 2.57. The Hall–Kier alpha value is -3.08. The van der Waals surface area contributed by atoms with Gasteiger partial charge in [-0.05, 0) is 31.5 Å². The van der Waals surface area contributed by atoms with Crippen molar-refractivity contribution >= 4 is 9.84 Å². The Bertz CT molecular complexity index is 1160. The average Bonchev–Trinajstić information content (AvgIpc) is 2.67. The summed E-state index contributed by atoms with van der Waals surface area (Å²) in [5.41, 5.74) is -0.0868. The number of rotatable bonds is 4. The summed E-state index contributed by atoms with van der Waals surface area (Å²) in [5, 5.41) is 6.14. The lowest BCUT2D eigenvalue weighted by Gasteiger charge is -2.17. The summed E-state index contributed by atoms with van der Waals surface area (Å²) >= 11 is 0. The first-order chi connectivity index (χ1) is 13.6. The quantitative estimate of drug-likeness (QED) is 0.592. The normalized spacial score (nSPS) is 12.1. The number of alkyl halides is 3. The number of benzene rings is 1. The van der Waals surface area contributed by atoms with Crippen LogP contribution in [0.4, 0.5) is 13.2 Å². The van der Waals surface area contributed by atoms with Crippen LogP contribution in [-0.4, -0.2) is 35.7 Å². The number of hydrogen-bond donors (Lipinski definition) is 0. The van der Waals surface area contributed by atoms with Gasteiger partial charge in [-0.25, -0.2) is 13.4 Å². The van der Waals surface area contributed by atoms with Gasteiger partial charge >= 0.3 is 6.18 Å². The Balaban J connectivity index is 2.38. The van der Waals surface area contributed by atoms with E-state index in [0.717, 1.165) is 12.7 Å². The van der Waals surface area contributed by atoms with E-state index in [9.17, 15) is 21.6 Å². The molecule has 3 aromatic rings. The van der Waals surface area contributed by atoms with Crippen molar-refractivity contribution in [2.24, 2.45) is 0 Å². The van der Waals surface area contributed by atoms with Crippen LogP contribution >= 0.6 is 0 Å². The van der Waals surface area contributed by atoms with Gasteiger partial charge in [-0.1, -0.05) is 17.7 Å². The monoisotopic (exact) mass is 424 g/mol. The summed E-state index contributed by atoms with van der Waals surface area (Å²) in [7, 11) is -3.66. The molecule has 0 amide bonds. The minimum Gasteiger partial charge on any atom is -0.480 e. The van der Waals surface area contributed by atoms with E-state index in [4.69, 9.17) is 4.74 Å². The van der Waals surface area contributed by atoms with Gasteiger partial charge in [-0.15, -0.1) is 0 Å². The summed E-state index contributed by atoms with van der Waals surface area (Å²) in [6, 6.07) is 5.41. The molecule has 0 unspecified atom stereocenters. The Morgan fingerprint density at radius 3 is 2.14 bits per heavy atom. The lowest BCUT2D eigenvalue weighted by Crippen LogP contribution is -2.19. The van der Waals surface area contributed by atoms with E-state index in [1.807, 2.05) is 0 Å². The van der Waals surface area contributed by atoms with Crippen molar-refractivity contribution in [3.63, 3.8) is 0 Å². The number of nitrogens with zero attached hydrogens (tertiary/aromatic N) is 4. The van der Waals surface area contributed by atoms with E-state index in [1.54, 1.807) is 13.8 Å². The zero-order valence-corrected chi connectivity index (χ0v) is 16.3. The third kappa shape index (κ3) is 3.90. The van der Waals surface area contributed by atoms with Crippen LogP contribution in [0.5, 0.6) is 5.88 Å². The van der Waals surface area contributed by atoms with Crippen LogP contribution in [0.1, 0.15) is 16.7 Å². The van der Waals surface area contributed by atoms with Gasteiger partial charge in [0.05, 0.1) is 24.4 Å². The molecule has 11 heteroatoms. The van der Waals surface area contributed by atoms with Gasteiger partial charge in [-0.3, -0.25) is 0 Å². The van der Waals surface area contributed by atoms with E-state index in [-0.39, 0.29) is 16.3 Å². The maximum Gasteiger partial charge on any atom is 0.424 e. The summed E-state index contributed by atoms with van der Waals surface area (Å²) in [4.78, 5) is 7.24. The predicted molar refractivity (Wildman–Crippen MR) is 96.0 cm³/mol. The molecule has 2 aromatic heterocycles. The number of hydrogen-bond acceptors (Lipinski definition) is 7. The molecule has 0 bridgehead atoms. The first-order valence-corrected chi connectivity index (χ1v) is 9.66. The molecule has 0 radical (unpaired) electrons. The van der Waals surface area contributed by atoms with E-state index >= 15 is 0 Å². The second-order valence-electron chi connectivity index (χ2n) is 6.14. The van der Waals surface area contributed by atoms with Gasteiger partial charge in [0.1, 0.15) is 0 Å². The second-order valence-corrected chi connectivity index (χ2v) is 8.00. The Morgan fingerprint density at radius 2 is 1.59 bits per heavy atom. The molecule has 0 spiro atoms. The largest absolute Gasteiger partial charge is 0.480 e. The second kappa shape index (κ2) is 7.39. The van der Waals surface area contributed by atoms with Crippen molar-refractivity contribution in [2.45, 2.75) is 29.9 Å². The highest BCUT2D eigenvalue weighted by Crippen LogP contribution is 2.41. The van der Waals surface area contributed by atoms with Gasteiger partial charge in [0, 0.05) is 5.56 Å². The predicted octanol–water partition coefficient (Wildman–Crippen LogP) is 3.41. The molecule has 0 N–H and O–H groups in total. The fourth-order valence-corrected chi connectivity index (χ4v) is 3.97. The van der Waals surface area contributed by atoms with Gasteiger partial charge in [0.2, 0.25) is 15.7 Å². The molecule has 0 saturated heterocycles. The van der Waals surface area contributed by atoms with Crippen LogP contribution in [0.15, 0.2) is 46.6 Å². The van der Waals surface area contributed by atoms with Crippen LogP contribution < -0.4 is 4.74 Å². The number of aromatic nitrogens is 4. The first kappa shape index (κ1) is 20.6. The van der Waals surface area contributed by atoms with Crippen molar-refractivity contribution in [1.29, 1.82) is 0 Å². The molecule has 0 aliphatic heterocycles. The number of aryl methyl sites for hydroxylation is 2.